The lowest BCUT2D eigenvalue weighted by atomic mass is 9.81. The van der Waals surface area contributed by atoms with Gasteiger partial charge >= 0.3 is 0 Å². The lowest BCUT2D eigenvalue weighted by molar-refractivity contribution is -0.155. The van der Waals surface area contributed by atoms with E-state index in [1.54, 1.807) is 6.34 Å². The minimum Gasteiger partial charge on any atom is -0.298 e. The summed E-state index contributed by atoms with van der Waals surface area (Å²) in [6.45, 7) is 3.43. The molecular weight excluding hydrogens is 154 g/mol. The molecule has 12 heavy (non-hydrogen) atoms. The second-order valence-electron chi connectivity index (χ2n) is 3.87. The lowest BCUT2D eigenvalue weighted by Crippen LogP contribution is -2.58. The monoisotopic (exact) mass is 167 g/mol. The largest absolute Gasteiger partial charge is 0.298 e. The number of fused-ring (bicyclic) bond motifs is 2. The van der Waals surface area contributed by atoms with Crippen LogP contribution in [0.4, 0.5) is 0 Å². The quantitative estimate of drug-likeness (QED) is 0.550. The summed E-state index contributed by atoms with van der Waals surface area (Å²) < 4.78 is 0. The molecule has 1 atom stereocenters. The Hall–Kier alpha value is -0.610. The molecule has 4 rings (SSSR count). The highest BCUT2D eigenvalue weighted by Gasteiger charge is 2.49. The molecule has 1 N–H and O–H groups in total. The molecule has 4 nitrogen and oxygen atoms in total. The van der Waals surface area contributed by atoms with Crippen LogP contribution in [0, 0.1) is 5.92 Å². The Morgan fingerprint density at radius 3 is 2.83 bits per heavy atom. The van der Waals surface area contributed by atoms with Gasteiger partial charge in [0.2, 0.25) is 5.72 Å². The van der Waals surface area contributed by atoms with Crippen molar-refractivity contribution in [1.29, 1.82) is 0 Å². The van der Waals surface area contributed by atoms with Crippen molar-refractivity contribution in [3.8, 4) is 0 Å². The smallest absolute Gasteiger partial charge is 0.202 e. The van der Waals surface area contributed by atoms with Crippen molar-refractivity contribution < 1.29 is 4.84 Å². The van der Waals surface area contributed by atoms with Crippen molar-refractivity contribution in [3.05, 3.63) is 0 Å². The van der Waals surface area contributed by atoms with Gasteiger partial charge in [-0.05, 0) is 25.9 Å². The highest BCUT2D eigenvalue weighted by atomic mass is 16.7. The third-order valence-corrected chi connectivity index (χ3v) is 3.25. The van der Waals surface area contributed by atoms with Gasteiger partial charge in [0, 0.05) is 5.92 Å². The summed E-state index contributed by atoms with van der Waals surface area (Å²) in [6, 6.07) is 0. The molecule has 2 bridgehead atoms. The van der Waals surface area contributed by atoms with E-state index in [1.807, 2.05) is 0 Å². The van der Waals surface area contributed by atoms with E-state index in [0.717, 1.165) is 6.54 Å². The zero-order valence-corrected chi connectivity index (χ0v) is 6.99. The topological polar surface area (TPSA) is 36.9 Å². The van der Waals surface area contributed by atoms with Gasteiger partial charge in [0.25, 0.3) is 0 Å². The number of hydrogen-bond donors (Lipinski definition) is 1. The van der Waals surface area contributed by atoms with Crippen LogP contribution in [0.3, 0.4) is 0 Å². The average molecular weight is 167 g/mol. The third-order valence-electron chi connectivity index (χ3n) is 3.25. The first-order valence-corrected chi connectivity index (χ1v) is 4.59. The minimum absolute atomic E-state index is 0.226. The molecule has 0 aromatic heterocycles. The van der Waals surface area contributed by atoms with Gasteiger partial charge in [-0.2, -0.15) is 0 Å². The van der Waals surface area contributed by atoms with Gasteiger partial charge in [0.05, 0.1) is 6.54 Å². The molecule has 66 valence electrons. The molecule has 1 spiro atoms. The van der Waals surface area contributed by atoms with Crippen molar-refractivity contribution in [2.75, 3.05) is 19.6 Å². The Morgan fingerprint density at radius 2 is 2.33 bits per heavy atom. The maximum absolute atomic E-state index is 5.50. The van der Waals surface area contributed by atoms with E-state index < -0.39 is 0 Å². The molecule has 3 saturated heterocycles. The first-order valence-electron chi connectivity index (χ1n) is 4.59. The molecule has 4 heterocycles. The number of nitrogens with zero attached hydrogens (tertiary/aromatic N) is 2. The summed E-state index contributed by atoms with van der Waals surface area (Å²) >= 11 is 0. The van der Waals surface area contributed by atoms with Crippen LogP contribution in [-0.2, 0) is 4.84 Å². The first-order chi connectivity index (χ1) is 5.89. The number of aliphatic imine (C=N–C) groups is 1. The van der Waals surface area contributed by atoms with Crippen molar-refractivity contribution in [2.45, 2.75) is 18.6 Å². The van der Waals surface area contributed by atoms with Gasteiger partial charge in [-0.25, -0.2) is 9.83 Å². The van der Waals surface area contributed by atoms with E-state index in [0.29, 0.717) is 5.92 Å². The van der Waals surface area contributed by atoms with Crippen LogP contribution in [0.25, 0.3) is 0 Å². The van der Waals surface area contributed by atoms with Crippen molar-refractivity contribution >= 4 is 6.34 Å². The number of piperidine rings is 3. The zero-order valence-electron chi connectivity index (χ0n) is 6.99. The fourth-order valence-electron chi connectivity index (χ4n) is 2.54. The third kappa shape index (κ3) is 0.765. The van der Waals surface area contributed by atoms with Gasteiger partial charge in [-0.3, -0.25) is 10.4 Å². The Balaban J connectivity index is 1.91. The van der Waals surface area contributed by atoms with Crippen molar-refractivity contribution in [3.63, 3.8) is 0 Å². The number of hydrogen-bond acceptors (Lipinski definition) is 4. The number of rotatable bonds is 0. The maximum Gasteiger partial charge on any atom is 0.202 e. The average Bonchev–Trinajstić information content (AvgIpc) is 2.55. The predicted molar refractivity (Wildman–Crippen MR) is 44.6 cm³/mol. The van der Waals surface area contributed by atoms with Crippen molar-refractivity contribution in [1.82, 2.24) is 10.4 Å². The van der Waals surface area contributed by atoms with E-state index >= 15 is 0 Å². The number of nitrogens with one attached hydrogen (secondary N) is 1. The minimum atomic E-state index is -0.226. The van der Waals surface area contributed by atoms with Gasteiger partial charge in [-0.1, -0.05) is 0 Å². The van der Waals surface area contributed by atoms with Crippen molar-refractivity contribution in [2.24, 2.45) is 10.9 Å². The van der Waals surface area contributed by atoms with Crippen LogP contribution >= 0.6 is 0 Å². The van der Waals surface area contributed by atoms with Gasteiger partial charge in [-0.15, -0.1) is 0 Å². The lowest BCUT2D eigenvalue weighted by Gasteiger charge is -2.47. The molecule has 0 amide bonds. The summed E-state index contributed by atoms with van der Waals surface area (Å²) in [6.07, 6.45) is 4.15. The second kappa shape index (κ2) is 2.20. The highest BCUT2D eigenvalue weighted by molar-refractivity contribution is 5.55. The van der Waals surface area contributed by atoms with E-state index in [2.05, 4.69) is 15.4 Å². The van der Waals surface area contributed by atoms with Crippen LogP contribution in [0.2, 0.25) is 0 Å². The Bertz CT molecular complexity index is 222. The molecule has 3 fully saturated rings. The molecule has 0 aromatic carbocycles. The van der Waals surface area contributed by atoms with Crippen LogP contribution in [0.1, 0.15) is 12.8 Å². The SMILES string of the molecule is C1=NC2(CN3CCC2CC3)ON1. The van der Waals surface area contributed by atoms with Gasteiger partial charge < -0.3 is 0 Å². The molecule has 4 aliphatic rings. The maximum atomic E-state index is 5.50. The normalized spacial score (nSPS) is 50.0. The predicted octanol–water partition coefficient (Wildman–Crippen LogP) is -0.0286. The highest BCUT2D eigenvalue weighted by Crippen LogP contribution is 2.39. The van der Waals surface area contributed by atoms with Crippen LogP contribution in [0.15, 0.2) is 4.99 Å². The van der Waals surface area contributed by atoms with Crippen LogP contribution in [-0.4, -0.2) is 36.6 Å². The summed E-state index contributed by atoms with van der Waals surface area (Å²) in [5, 5.41) is 0. The molecule has 0 radical (unpaired) electrons. The number of hydroxylamine groups is 1. The Morgan fingerprint density at radius 1 is 1.50 bits per heavy atom. The standard InChI is InChI=1S/C8H13N3O/c1-3-11-4-2-7(1)8(5-11)9-6-10-12-8/h6-7H,1-5H2,(H,9,10). The first kappa shape index (κ1) is 6.86. The fourth-order valence-corrected chi connectivity index (χ4v) is 2.54. The molecule has 0 aliphatic carbocycles. The summed E-state index contributed by atoms with van der Waals surface area (Å²) in [4.78, 5) is 12.3. The second-order valence-corrected chi connectivity index (χ2v) is 3.87. The molecular formula is C8H13N3O. The molecule has 0 aromatic rings. The fraction of sp³-hybridized carbons (Fsp3) is 0.875. The van der Waals surface area contributed by atoms with Gasteiger partial charge in [0.15, 0.2) is 0 Å². The van der Waals surface area contributed by atoms with E-state index in [9.17, 15) is 0 Å². The van der Waals surface area contributed by atoms with E-state index in [-0.39, 0.29) is 5.72 Å². The molecule has 4 heteroatoms. The van der Waals surface area contributed by atoms with E-state index in [4.69, 9.17) is 4.84 Å². The Kier molecular flexibility index (Phi) is 1.26. The van der Waals surface area contributed by atoms with Crippen LogP contribution < -0.4 is 5.48 Å². The van der Waals surface area contributed by atoms with Crippen LogP contribution in [0.5, 0.6) is 0 Å². The zero-order chi connectivity index (χ0) is 8.02. The summed E-state index contributed by atoms with van der Waals surface area (Å²) in [7, 11) is 0. The summed E-state index contributed by atoms with van der Waals surface area (Å²) in [5.41, 5.74) is 2.52. The molecule has 4 aliphatic heterocycles. The van der Waals surface area contributed by atoms with Gasteiger partial charge in [0.1, 0.15) is 6.34 Å². The molecule has 1 unspecified atom stereocenters. The van der Waals surface area contributed by atoms with E-state index in [1.165, 1.54) is 25.9 Å². The molecule has 0 saturated carbocycles. The Labute approximate surface area is 71.5 Å². The summed E-state index contributed by atoms with van der Waals surface area (Å²) in [5.74, 6) is 0.633.